The van der Waals surface area contributed by atoms with Gasteiger partial charge in [0.05, 0.1) is 26.4 Å². The average molecular weight is 376 g/mol. The minimum Gasteiger partial charge on any atom is -0.493 e. The Hall–Kier alpha value is -2.57. The number of nitrogens with zero attached hydrogens (tertiary/aromatic N) is 1. The molecule has 0 aliphatic carbocycles. The summed E-state index contributed by atoms with van der Waals surface area (Å²) in [6, 6.07) is 10.0. The van der Waals surface area contributed by atoms with Crippen LogP contribution in [0.5, 0.6) is 11.5 Å². The third kappa shape index (κ3) is 3.52. The van der Waals surface area contributed by atoms with Crippen LogP contribution in [0.25, 0.3) is 0 Å². The molecule has 0 bridgehead atoms. The summed E-state index contributed by atoms with van der Waals surface area (Å²) in [5.41, 5.74) is 2.46. The van der Waals surface area contributed by atoms with E-state index < -0.39 is 5.97 Å². The molecule has 0 radical (unpaired) electrons. The van der Waals surface area contributed by atoms with Crippen LogP contribution < -0.4 is 9.47 Å². The lowest BCUT2D eigenvalue weighted by Gasteiger charge is -2.26. The van der Waals surface area contributed by atoms with Crippen LogP contribution in [0.3, 0.4) is 0 Å². The second kappa shape index (κ2) is 7.76. The summed E-state index contributed by atoms with van der Waals surface area (Å²) < 4.78 is 16.5. The van der Waals surface area contributed by atoms with E-state index >= 15 is 0 Å². The van der Waals surface area contributed by atoms with E-state index in [0.29, 0.717) is 34.4 Å². The number of ether oxygens (including phenoxy) is 3. The summed E-state index contributed by atoms with van der Waals surface area (Å²) in [6.45, 7) is 2.19. The van der Waals surface area contributed by atoms with Gasteiger partial charge < -0.3 is 19.0 Å². The van der Waals surface area contributed by atoms with Crippen LogP contribution in [0.1, 0.15) is 28.4 Å². The summed E-state index contributed by atoms with van der Waals surface area (Å²) in [7, 11) is 3.13. The van der Waals surface area contributed by atoms with Crippen molar-refractivity contribution in [3.05, 3.63) is 58.1 Å². The molecule has 1 atom stereocenters. The van der Waals surface area contributed by atoms with Gasteiger partial charge in [0.2, 0.25) is 0 Å². The van der Waals surface area contributed by atoms with E-state index in [-0.39, 0.29) is 6.10 Å². The summed E-state index contributed by atoms with van der Waals surface area (Å²) in [4.78, 5) is 17.3. The first kappa shape index (κ1) is 18.2. The van der Waals surface area contributed by atoms with Crippen LogP contribution in [-0.4, -0.2) is 32.0 Å². The number of carbonyl (C=O) groups is 1. The van der Waals surface area contributed by atoms with Crippen molar-refractivity contribution < 1.29 is 23.8 Å². The molecule has 1 unspecified atom stereocenters. The van der Waals surface area contributed by atoms with Crippen molar-refractivity contribution in [2.75, 3.05) is 14.2 Å². The molecule has 0 saturated carbocycles. The molecule has 0 N–H and O–H groups in total. The van der Waals surface area contributed by atoms with Gasteiger partial charge in [0.15, 0.2) is 11.5 Å². The number of hydrogen-bond donors (Lipinski definition) is 0. The molecule has 0 saturated heterocycles. The molecular formula is C19H18ClNO5. The maximum Gasteiger partial charge on any atom is 0.365 e. The molecular weight excluding hydrogens is 358 g/mol. The zero-order chi connectivity index (χ0) is 18.7. The van der Waals surface area contributed by atoms with Crippen LogP contribution >= 0.6 is 11.6 Å². The van der Waals surface area contributed by atoms with Crippen LogP contribution in [0.2, 0.25) is 5.02 Å². The fraction of sp³-hybridized carbons (Fsp3) is 0.263. The zero-order valence-electron chi connectivity index (χ0n) is 14.6. The van der Waals surface area contributed by atoms with Crippen LogP contribution in [-0.2, 0) is 16.2 Å². The smallest absolute Gasteiger partial charge is 0.365 e. The molecule has 1 heterocycles. The first-order valence-electron chi connectivity index (χ1n) is 7.95. The maximum absolute atomic E-state index is 12.2. The Balaban J connectivity index is 1.92. The Kier molecular flexibility index (Phi) is 5.44. The molecule has 0 aromatic heterocycles. The molecule has 2 aromatic rings. The Morgan fingerprint density at radius 1 is 1.15 bits per heavy atom. The Labute approximate surface area is 156 Å². The molecule has 0 fully saturated rings. The lowest BCUT2D eigenvalue weighted by atomic mass is 9.96. The molecule has 2 aromatic carbocycles. The van der Waals surface area contributed by atoms with Gasteiger partial charge in [0.1, 0.15) is 11.8 Å². The normalized spacial score (nSPS) is 17.5. The molecule has 136 valence electrons. The predicted molar refractivity (Wildman–Crippen MR) is 97.2 cm³/mol. The first-order valence-corrected chi connectivity index (χ1v) is 8.33. The molecule has 26 heavy (non-hydrogen) atoms. The van der Waals surface area contributed by atoms with Crippen LogP contribution in [0, 0.1) is 0 Å². The van der Waals surface area contributed by atoms with Crippen LogP contribution in [0.15, 0.2) is 41.6 Å². The summed E-state index contributed by atoms with van der Waals surface area (Å²) in [5.74, 6) is 0.601. The van der Waals surface area contributed by atoms with Crippen molar-refractivity contribution >= 4 is 23.3 Å². The molecule has 0 spiro atoms. The number of hydrogen-bond acceptors (Lipinski definition) is 6. The average Bonchev–Trinajstić information content (AvgIpc) is 2.66. The van der Waals surface area contributed by atoms with Gasteiger partial charge in [-0.1, -0.05) is 16.8 Å². The predicted octanol–water partition coefficient (Wildman–Crippen LogP) is 3.84. The number of methoxy groups -OCH3 is 2. The van der Waals surface area contributed by atoms with E-state index in [1.807, 2.05) is 13.0 Å². The van der Waals surface area contributed by atoms with Gasteiger partial charge in [-0.05, 0) is 43.3 Å². The third-order valence-corrected chi connectivity index (χ3v) is 4.35. The van der Waals surface area contributed by atoms with Crippen molar-refractivity contribution in [1.29, 1.82) is 0 Å². The lowest BCUT2D eigenvalue weighted by molar-refractivity contribution is 0.0490. The SMILES string of the molecule is COc1ccc2c(c1OC)COC(C)/C2=N/OC(=O)c1ccc(Cl)cc1. The van der Waals surface area contributed by atoms with Gasteiger partial charge in [0, 0.05) is 16.1 Å². The van der Waals surface area contributed by atoms with Gasteiger partial charge in [-0.25, -0.2) is 4.79 Å². The molecule has 3 rings (SSSR count). The van der Waals surface area contributed by atoms with E-state index in [1.54, 1.807) is 44.6 Å². The second-order valence-electron chi connectivity index (χ2n) is 5.64. The minimum atomic E-state index is -0.575. The zero-order valence-corrected chi connectivity index (χ0v) is 15.4. The van der Waals surface area contributed by atoms with E-state index in [2.05, 4.69) is 5.16 Å². The highest BCUT2D eigenvalue weighted by Gasteiger charge is 2.28. The largest absolute Gasteiger partial charge is 0.493 e. The van der Waals surface area contributed by atoms with Gasteiger partial charge in [-0.3, -0.25) is 0 Å². The quantitative estimate of drug-likeness (QED) is 0.600. The van der Waals surface area contributed by atoms with Gasteiger partial charge in [0.25, 0.3) is 0 Å². The van der Waals surface area contributed by atoms with E-state index in [9.17, 15) is 4.79 Å². The third-order valence-electron chi connectivity index (χ3n) is 4.09. The summed E-state index contributed by atoms with van der Waals surface area (Å²) in [5, 5.41) is 4.59. The number of halogens is 1. The maximum atomic E-state index is 12.2. The Bertz CT molecular complexity index is 848. The fourth-order valence-corrected chi connectivity index (χ4v) is 2.86. The molecule has 7 heteroatoms. The number of benzene rings is 2. The van der Waals surface area contributed by atoms with E-state index in [0.717, 1.165) is 11.1 Å². The monoisotopic (exact) mass is 375 g/mol. The number of carbonyl (C=O) groups excluding carboxylic acids is 1. The van der Waals surface area contributed by atoms with Crippen molar-refractivity contribution in [3.63, 3.8) is 0 Å². The fourth-order valence-electron chi connectivity index (χ4n) is 2.73. The second-order valence-corrected chi connectivity index (χ2v) is 6.08. The van der Waals surface area contributed by atoms with E-state index in [4.69, 9.17) is 30.6 Å². The van der Waals surface area contributed by atoms with Gasteiger partial charge in [-0.15, -0.1) is 0 Å². The number of oxime groups is 1. The highest BCUT2D eigenvalue weighted by Crippen LogP contribution is 2.37. The summed E-state index contributed by atoms with van der Waals surface area (Å²) >= 11 is 5.83. The molecule has 1 aliphatic rings. The molecule has 1 aliphatic heterocycles. The minimum absolute atomic E-state index is 0.335. The molecule has 6 nitrogen and oxygen atoms in total. The van der Waals surface area contributed by atoms with Crippen molar-refractivity contribution in [3.8, 4) is 11.5 Å². The van der Waals surface area contributed by atoms with E-state index in [1.165, 1.54) is 0 Å². The lowest BCUT2D eigenvalue weighted by Crippen LogP contribution is -2.29. The van der Waals surface area contributed by atoms with Crippen molar-refractivity contribution in [2.24, 2.45) is 5.16 Å². The van der Waals surface area contributed by atoms with Crippen molar-refractivity contribution in [1.82, 2.24) is 0 Å². The highest BCUT2D eigenvalue weighted by molar-refractivity contribution is 6.30. The summed E-state index contributed by atoms with van der Waals surface area (Å²) in [6.07, 6.45) is -0.335. The first-order chi connectivity index (χ1) is 12.5. The van der Waals surface area contributed by atoms with Gasteiger partial charge in [-0.2, -0.15) is 0 Å². The number of fused-ring (bicyclic) bond motifs is 1. The Morgan fingerprint density at radius 3 is 2.54 bits per heavy atom. The van der Waals surface area contributed by atoms with Crippen LogP contribution in [0.4, 0.5) is 0 Å². The van der Waals surface area contributed by atoms with Gasteiger partial charge >= 0.3 is 5.97 Å². The number of rotatable bonds is 4. The highest BCUT2D eigenvalue weighted by atomic mass is 35.5. The standard InChI is InChI=1S/C19H18ClNO5/c1-11-17(21-26-19(22)12-4-6-13(20)7-5-12)14-8-9-16(23-2)18(24-3)15(14)10-25-11/h4-9,11H,10H2,1-3H3/b21-17-. The molecule has 0 amide bonds. The topological polar surface area (TPSA) is 66.3 Å². The van der Waals surface area contributed by atoms with Crippen molar-refractivity contribution in [2.45, 2.75) is 19.6 Å². The Morgan fingerprint density at radius 2 is 1.88 bits per heavy atom.